The third-order valence-electron chi connectivity index (χ3n) is 9.68. The molecule has 0 aromatic heterocycles. The summed E-state index contributed by atoms with van der Waals surface area (Å²) in [6.07, 6.45) is 0.418. The van der Waals surface area contributed by atoms with Gasteiger partial charge in [-0.15, -0.1) is 11.6 Å². The highest BCUT2D eigenvalue weighted by molar-refractivity contribution is 9.08. The predicted octanol–water partition coefficient (Wildman–Crippen LogP) is 11.4. The first kappa shape index (κ1) is 48.1. The molecule has 0 bridgehead atoms. The summed E-state index contributed by atoms with van der Waals surface area (Å²) in [5.74, 6) is -1.27. The quantitative estimate of drug-likeness (QED) is 0.0280. The van der Waals surface area contributed by atoms with Gasteiger partial charge in [-0.1, -0.05) is 99.8 Å². The molecule has 0 radical (unpaired) electrons. The van der Waals surface area contributed by atoms with Crippen molar-refractivity contribution < 1.29 is 39.6 Å². The number of rotatable bonds is 10. The minimum absolute atomic E-state index is 0.0137. The highest BCUT2D eigenvalue weighted by Crippen LogP contribution is 2.24. The van der Waals surface area contributed by atoms with Crippen LogP contribution in [0.1, 0.15) is 84.4 Å². The van der Waals surface area contributed by atoms with Gasteiger partial charge in [-0.3, -0.25) is 34.7 Å². The van der Waals surface area contributed by atoms with Gasteiger partial charge in [-0.2, -0.15) is 0 Å². The summed E-state index contributed by atoms with van der Waals surface area (Å²) in [6, 6.07) is 33.1. The summed E-state index contributed by atoms with van der Waals surface area (Å²) in [4.78, 5) is 43.2. The Morgan fingerprint density at radius 2 is 1.24 bits per heavy atom. The molecule has 10 N–H and O–H groups in total. The highest BCUT2D eigenvalue weighted by atomic mass is 79.9. The van der Waals surface area contributed by atoms with E-state index in [1.54, 1.807) is 48.5 Å². The van der Waals surface area contributed by atoms with Crippen LogP contribution in [0, 0.1) is 20.2 Å². The summed E-state index contributed by atoms with van der Waals surface area (Å²) in [5, 5.41) is 44.3. The van der Waals surface area contributed by atoms with Gasteiger partial charge >= 0.3 is 5.97 Å². The lowest BCUT2D eigenvalue weighted by Crippen LogP contribution is -2.31. The molecule has 21 heteroatoms. The zero-order valence-electron chi connectivity index (χ0n) is 51.9. The largest absolute Gasteiger partial charge is 0.480 e. The van der Waals surface area contributed by atoms with E-state index in [4.69, 9.17) is 66.5 Å². The molecule has 4 fully saturated rings. The van der Waals surface area contributed by atoms with Crippen LogP contribution < -0.4 is 38.1 Å². The van der Waals surface area contributed by atoms with E-state index in [-0.39, 0.29) is 41.7 Å². The molecule has 5 aromatic carbocycles. The Labute approximate surface area is 474 Å². The molecule has 0 aliphatic carbocycles. The molecule has 404 valence electrons. The SMILES string of the molecule is C1CCNC1.Clc1ccc(CBr)cc1.Nc1ccccc1NC(=O)CN1CCCC1.Nc1ccccc1[N+](=O)[O-].O=C(O)CCl.O=[N+]([O-])c1ccccc1NCc1ccc(Cl)cc1.[2H]C1([2H])CCC([2H])([2H])N1.[2H]C1([2H])NC([2H])(C)C([2H])([2H])C1([2H])[2H]. The summed E-state index contributed by atoms with van der Waals surface area (Å²) in [7, 11) is 0. The maximum Gasteiger partial charge on any atom is 0.318 e. The number of carboxylic acids is 1. The first-order valence-corrected chi connectivity index (χ1v) is 25.5. The zero-order chi connectivity index (χ0) is 64.2. The van der Waals surface area contributed by atoms with Crippen molar-refractivity contribution in [3.63, 3.8) is 0 Å². The lowest BCUT2D eigenvalue weighted by Gasteiger charge is -2.14. The molecule has 9 rings (SSSR count). The monoisotopic (exact) mass is 1160 g/mol. The number of carbonyl (C=O) groups excluding carboxylic acids is 1. The van der Waals surface area contributed by atoms with Crippen molar-refractivity contribution in [1.82, 2.24) is 20.9 Å². The molecule has 1 unspecified atom stereocenters. The Bertz CT molecular complexity index is 2820. The van der Waals surface area contributed by atoms with Gasteiger partial charge in [0, 0.05) is 55.1 Å². The van der Waals surface area contributed by atoms with Crippen LogP contribution >= 0.6 is 50.7 Å². The number of nitrogens with zero attached hydrogens (tertiary/aromatic N) is 3. The van der Waals surface area contributed by atoms with E-state index >= 15 is 0 Å². The topological polar surface area (TPSA) is 256 Å². The number of aliphatic carboxylic acids is 1. The van der Waals surface area contributed by atoms with Gasteiger partial charge < -0.3 is 43.2 Å². The lowest BCUT2D eigenvalue weighted by molar-refractivity contribution is -0.384. The second-order valence-corrected chi connectivity index (χ2v) is 17.2. The van der Waals surface area contributed by atoms with Crippen LogP contribution in [0.4, 0.5) is 34.1 Å². The Hall–Kier alpha value is -5.57. The van der Waals surface area contributed by atoms with Crippen LogP contribution in [-0.2, 0) is 21.5 Å². The van der Waals surface area contributed by atoms with Gasteiger partial charge in [-0.05, 0) is 164 Å². The molecule has 1 atom stereocenters. The van der Waals surface area contributed by atoms with Crippen molar-refractivity contribution in [2.75, 3.05) is 80.2 Å². The molecule has 4 aliphatic heterocycles. The first-order valence-electron chi connectivity index (χ1n) is 28.6. The fraction of sp³-hybridized carbons (Fsp3) is 0.396. The number of nitro benzene ring substituents is 2. The van der Waals surface area contributed by atoms with E-state index < -0.39 is 54.1 Å². The summed E-state index contributed by atoms with van der Waals surface area (Å²) >= 11 is 19.5. The third-order valence-corrected chi connectivity index (χ3v) is 11.1. The minimum atomic E-state index is -2.71. The standard InChI is InChI=1S/C13H11ClN2O2.C12H17N3O.C7H6BrCl.C6H6N2O2.C5H11N.2C4H9N.C2H3ClO2/c14-11-7-5-10(6-8-11)9-15-12-3-1-2-4-13(12)16(17)18;13-10-5-1-2-6-11(10)14-12(16)9-15-7-3-4-8-15;8-5-6-1-3-7(9)4-2-6;7-5-3-1-2-4-6(5)8(9)10;1-5-3-2-4-6-5;2*1-2-4-5-3-1;3-1-2(4)5/h1-8,15H,9H2;1-2,5-6H,3-4,7-9,13H2,(H,14,16);1-4H,5H2;1-4H,7H2;5-6H,2-4H2,1H3;2*5H,1-4H2;1H2,(H,4,5)/i;;;;2D2,3D2,4D2,5D;3D2,4D2;;. The van der Waals surface area contributed by atoms with E-state index in [9.17, 15) is 29.8 Å². The Kier molecular flexibility index (Phi) is 25.9. The smallest absolute Gasteiger partial charge is 0.318 e. The molecule has 74 heavy (non-hydrogen) atoms. The minimum Gasteiger partial charge on any atom is -0.480 e. The van der Waals surface area contributed by atoms with Gasteiger partial charge in [0.1, 0.15) is 17.3 Å². The van der Waals surface area contributed by atoms with E-state index in [1.165, 1.54) is 62.5 Å². The maximum atomic E-state index is 11.7. The number of halogens is 4. The van der Waals surface area contributed by atoms with Gasteiger partial charge in [-0.25, -0.2) is 0 Å². The highest BCUT2D eigenvalue weighted by Gasteiger charge is 2.16. The number of likely N-dealkylation sites (tertiary alicyclic amines) is 1. The van der Waals surface area contributed by atoms with Crippen LogP contribution in [-0.4, -0.2) is 95.8 Å². The number of carboxylic acid groups (broad SMARTS) is 1. The number of nitrogens with one attached hydrogen (secondary N) is 5. The van der Waals surface area contributed by atoms with E-state index in [0.29, 0.717) is 35.2 Å². The number of anilines is 4. The number of amides is 1. The first-order chi connectivity index (χ1) is 39.6. The fourth-order valence-electron chi connectivity index (χ4n) is 5.97. The molecule has 4 aliphatic rings. The van der Waals surface area contributed by atoms with Crippen molar-refractivity contribution in [1.29, 1.82) is 0 Å². The van der Waals surface area contributed by atoms with Crippen molar-refractivity contribution >= 4 is 96.7 Å². The zero-order valence-corrected chi connectivity index (χ0v) is 44.7. The lowest BCUT2D eigenvalue weighted by atomic mass is 10.2. The number of nitrogen functional groups attached to an aromatic ring is 2. The molecule has 4 saturated heterocycles. The normalized spacial score (nSPS) is 21.5. The van der Waals surface area contributed by atoms with Crippen molar-refractivity contribution in [3.8, 4) is 0 Å². The Morgan fingerprint density at radius 1 is 0.743 bits per heavy atom. The second kappa shape index (κ2) is 39.8. The number of benzene rings is 5. The van der Waals surface area contributed by atoms with Gasteiger partial charge in [0.15, 0.2) is 0 Å². The van der Waals surface area contributed by atoms with Crippen LogP contribution in [0.15, 0.2) is 121 Å². The number of nitrogens with two attached hydrogens (primary N) is 2. The van der Waals surface area contributed by atoms with Crippen molar-refractivity contribution in [3.05, 3.63) is 163 Å². The molecular weight excluding hydrogens is 1070 g/mol. The van der Waals surface area contributed by atoms with Crippen LogP contribution in [0.5, 0.6) is 0 Å². The number of nitro groups is 2. The molecule has 0 saturated carbocycles. The molecule has 0 spiro atoms. The summed E-state index contributed by atoms with van der Waals surface area (Å²) in [6.45, 7) is 1.14. The van der Waals surface area contributed by atoms with Crippen molar-refractivity contribution in [2.24, 2.45) is 0 Å². The molecular formula is C53H72BrCl3N10O7. The Balaban J connectivity index is 0.000000342. The number of alkyl halides is 2. The van der Waals surface area contributed by atoms with Crippen LogP contribution in [0.25, 0.3) is 0 Å². The summed E-state index contributed by atoms with van der Waals surface area (Å²) < 4.78 is 79.4. The number of para-hydroxylation sites is 6. The van der Waals surface area contributed by atoms with E-state index in [1.807, 2.05) is 59.9 Å². The van der Waals surface area contributed by atoms with E-state index in [0.717, 1.165) is 35.9 Å². The number of hydrogen-bond acceptors (Lipinski definition) is 13. The Morgan fingerprint density at radius 3 is 1.64 bits per heavy atom. The third kappa shape index (κ3) is 30.6. The van der Waals surface area contributed by atoms with Gasteiger partial charge in [0.05, 0.1) is 27.8 Å². The predicted molar refractivity (Wildman–Crippen MR) is 308 cm³/mol. The fourth-order valence-corrected chi connectivity index (χ4v) is 6.60. The molecule has 17 nitrogen and oxygen atoms in total. The number of hydrogen-bond donors (Lipinski definition) is 8. The summed E-state index contributed by atoms with van der Waals surface area (Å²) in [5.41, 5.74) is 15.3. The van der Waals surface area contributed by atoms with Crippen LogP contribution in [0.3, 0.4) is 0 Å². The number of carbonyl (C=O) groups is 2. The van der Waals surface area contributed by atoms with Crippen LogP contribution in [0.2, 0.25) is 10.0 Å². The van der Waals surface area contributed by atoms with E-state index in [2.05, 4.69) is 42.1 Å². The second-order valence-electron chi connectivity index (χ2n) is 15.5. The van der Waals surface area contributed by atoms with Gasteiger partial charge in [0.25, 0.3) is 11.4 Å². The molecule has 5 aromatic rings. The average molecular weight is 1160 g/mol. The van der Waals surface area contributed by atoms with Gasteiger partial charge in [0.2, 0.25) is 5.91 Å². The average Bonchev–Trinajstić information content (AvgIpc) is 1.61. The molecule has 4 heterocycles. The van der Waals surface area contributed by atoms with Crippen molar-refractivity contribution in [2.45, 2.75) is 76.1 Å². The maximum absolute atomic E-state index is 11.7. The molecule has 1 amide bonds.